The molecule has 0 amide bonds. The van der Waals surface area contributed by atoms with Crippen molar-refractivity contribution < 1.29 is 0 Å². The molecule has 1 heterocycles. The molecule has 4 heteroatoms. The third kappa shape index (κ3) is 2.51. The summed E-state index contributed by atoms with van der Waals surface area (Å²) in [6.45, 7) is 0. The first-order valence-electron chi connectivity index (χ1n) is 4.24. The molecular weight excluding hydrogens is 297 g/mol. The molecule has 1 aromatic heterocycles. The van der Waals surface area contributed by atoms with Crippen molar-refractivity contribution in [2.45, 2.75) is 0 Å². The summed E-state index contributed by atoms with van der Waals surface area (Å²) in [4.78, 5) is 4.13. The van der Waals surface area contributed by atoms with E-state index in [4.69, 9.17) is 23.2 Å². The first-order valence-corrected chi connectivity index (χ1v) is 5.79. The van der Waals surface area contributed by atoms with Gasteiger partial charge in [-0.25, -0.2) is 4.98 Å². The molecule has 0 aliphatic carbocycles. The lowest BCUT2D eigenvalue weighted by molar-refractivity contribution is 1.28. The van der Waals surface area contributed by atoms with Gasteiger partial charge >= 0.3 is 0 Å². The van der Waals surface area contributed by atoms with Crippen molar-refractivity contribution in [1.82, 2.24) is 4.98 Å². The van der Waals surface area contributed by atoms with Crippen molar-refractivity contribution in [3.05, 3.63) is 51.2 Å². The van der Waals surface area contributed by atoms with Crippen LogP contribution in [0.25, 0.3) is 11.1 Å². The molecule has 0 fully saturated rings. The molecule has 0 spiro atoms. The smallest absolute Gasteiger partial charge is 0.124 e. The summed E-state index contributed by atoms with van der Waals surface area (Å²) in [6.07, 6.45) is 1.76. The fourth-order valence-electron chi connectivity index (χ4n) is 1.22. The minimum Gasteiger partial charge on any atom is -0.247 e. The fourth-order valence-corrected chi connectivity index (χ4v) is 1.73. The molecular formula is C11H6BrCl2N. The normalized spacial score (nSPS) is 10.3. The van der Waals surface area contributed by atoms with Gasteiger partial charge < -0.3 is 0 Å². The molecule has 0 atom stereocenters. The van der Waals surface area contributed by atoms with Crippen LogP contribution in [0.15, 0.2) is 41.1 Å². The quantitative estimate of drug-likeness (QED) is 0.688. The average Bonchev–Trinajstić information content (AvgIpc) is 2.23. The minimum absolute atomic E-state index is 0.599. The van der Waals surface area contributed by atoms with Gasteiger partial charge in [0, 0.05) is 16.8 Å². The van der Waals surface area contributed by atoms with E-state index in [0.29, 0.717) is 9.63 Å². The summed E-state index contributed by atoms with van der Waals surface area (Å²) in [5.74, 6) is 0. The Kier molecular flexibility index (Phi) is 3.29. The van der Waals surface area contributed by atoms with Crippen molar-refractivity contribution in [3.8, 4) is 11.1 Å². The highest BCUT2D eigenvalue weighted by molar-refractivity contribution is 9.10. The molecule has 15 heavy (non-hydrogen) atoms. The van der Waals surface area contributed by atoms with E-state index in [1.165, 1.54) is 0 Å². The van der Waals surface area contributed by atoms with E-state index in [0.717, 1.165) is 16.1 Å². The lowest BCUT2D eigenvalue weighted by Crippen LogP contribution is -1.82. The Morgan fingerprint density at radius 3 is 2.27 bits per heavy atom. The van der Waals surface area contributed by atoms with Gasteiger partial charge in [0.1, 0.15) is 4.60 Å². The maximum Gasteiger partial charge on any atom is 0.124 e. The van der Waals surface area contributed by atoms with E-state index in [1.807, 2.05) is 30.3 Å². The second kappa shape index (κ2) is 4.52. The van der Waals surface area contributed by atoms with Crippen LogP contribution in [0.5, 0.6) is 0 Å². The van der Waals surface area contributed by atoms with Gasteiger partial charge in [-0.1, -0.05) is 35.3 Å². The van der Waals surface area contributed by atoms with Crippen LogP contribution in [-0.2, 0) is 0 Å². The van der Waals surface area contributed by atoms with E-state index in [1.54, 1.807) is 6.20 Å². The van der Waals surface area contributed by atoms with Gasteiger partial charge in [-0.05, 0) is 39.7 Å². The Hall–Kier alpha value is -0.570. The average molecular weight is 303 g/mol. The Morgan fingerprint density at radius 1 is 1.00 bits per heavy atom. The molecule has 0 aliphatic heterocycles. The maximum atomic E-state index is 5.96. The van der Waals surface area contributed by atoms with Gasteiger partial charge in [0.15, 0.2) is 0 Å². The molecule has 1 nitrogen and oxygen atoms in total. The zero-order chi connectivity index (χ0) is 10.8. The SMILES string of the molecule is Clc1ccc(-c2cnc(Br)c(Cl)c2)cc1. The highest BCUT2D eigenvalue weighted by Gasteiger charge is 2.02. The monoisotopic (exact) mass is 301 g/mol. The maximum absolute atomic E-state index is 5.96. The van der Waals surface area contributed by atoms with Crippen molar-refractivity contribution in [3.63, 3.8) is 0 Å². The molecule has 0 N–H and O–H groups in total. The zero-order valence-electron chi connectivity index (χ0n) is 7.55. The molecule has 0 radical (unpaired) electrons. The number of hydrogen-bond donors (Lipinski definition) is 0. The van der Waals surface area contributed by atoms with Crippen LogP contribution >= 0.6 is 39.1 Å². The van der Waals surface area contributed by atoms with E-state index in [-0.39, 0.29) is 0 Å². The zero-order valence-corrected chi connectivity index (χ0v) is 10.6. The first-order chi connectivity index (χ1) is 7.16. The Balaban J connectivity index is 2.45. The fraction of sp³-hybridized carbons (Fsp3) is 0. The molecule has 1 aromatic carbocycles. The van der Waals surface area contributed by atoms with Crippen LogP contribution in [0.4, 0.5) is 0 Å². The molecule has 0 saturated heterocycles. The highest BCUT2D eigenvalue weighted by Crippen LogP contribution is 2.27. The largest absolute Gasteiger partial charge is 0.247 e. The Bertz CT molecular complexity index is 482. The third-order valence-electron chi connectivity index (χ3n) is 1.97. The molecule has 2 aromatic rings. The molecule has 0 unspecified atom stereocenters. The van der Waals surface area contributed by atoms with Crippen LogP contribution in [-0.4, -0.2) is 4.98 Å². The number of nitrogens with zero attached hydrogens (tertiary/aromatic N) is 1. The Morgan fingerprint density at radius 2 is 1.67 bits per heavy atom. The molecule has 0 aliphatic rings. The van der Waals surface area contributed by atoms with Crippen molar-refractivity contribution >= 4 is 39.1 Å². The summed E-state index contributed by atoms with van der Waals surface area (Å²) >= 11 is 15.0. The van der Waals surface area contributed by atoms with Gasteiger partial charge in [0.2, 0.25) is 0 Å². The van der Waals surface area contributed by atoms with Gasteiger partial charge in [0.25, 0.3) is 0 Å². The lowest BCUT2D eigenvalue weighted by Gasteiger charge is -2.02. The predicted octanol–water partition coefficient (Wildman–Crippen LogP) is 4.82. The molecule has 76 valence electrons. The third-order valence-corrected chi connectivity index (χ3v) is 3.37. The second-order valence-electron chi connectivity index (χ2n) is 3.00. The van der Waals surface area contributed by atoms with E-state index in [9.17, 15) is 0 Å². The van der Waals surface area contributed by atoms with Crippen LogP contribution in [0.3, 0.4) is 0 Å². The number of pyridine rings is 1. The Labute approximate surface area is 106 Å². The van der Waals surface area contributed by atoms with Crippen molar-refractivity contribution in [2.24, 2.45) is 0 Å². The molecule has 2 rings (SSSR count). The summed E-state index contributed by atoms with van der Waals surface area (Å²) in [5, 5.41) is 1.32. The number of benzene rings is 1. The van der Waals surface area contributed by atoms with Crippen LogP contribution < -0.4 is 0 Å². The van der Waals surface area contributed by atoms with Gasteiger partial charge in [-0.15, -0.1) is 0 Å². The molecule has 0 saturated carbocycles. The number of aromatic nitrogens is 1. The second-order valence-corrected chi connectivity index (χ2v) is 4.60. The van der Waals surface area contributed by atoms with Gasteiger partial charge in [0.05, 0.1) is 5.02 Å². The summed E-state index contributed by atoms with van der Waals surface area (Å²) in [6, 6.07) is 9.41. The summed E-state index contributed by atoms with van der Waals surface area (Å²) in [7, 11) is 0. The lowest BCUT2D eigenvalue weighted by atomic mass is 10.1. The van der Waals surface area contributed by atoms with Crippen LogP contribution in [0.2, 0.25) is 10.0 Å². The molecule has 0 bridgehead atoms. The summed E-state index contributed by atoms with van der Waals surface area (Å²) in [5.41, 5.74) is 2.01. The first kappa shape index (κ1) is 10.9. The van der Waals surface area contributed by atoms with E-state index < -0.39 is 0 Å². The minimum atomic E-state index is 0.599. The van der Waals surface area contributed by atoms with Gasteiger partial charge in [-0.2, -0.15) is 0 Å². The number of rotatable bonds is 1. The van der Waals surface area contributed by atoms with Crippen LogP contribution in [0, 0.1) is 0 Å². The number of halogens is 3. The van der Waals surface area contributed by atoms with Crippen molar-refractivity contribution in [2.75, 3.05) is 0 Å². The standard InChI is InChI=1S/C11H6BrCl2N/c12-11-10(14)5-8(6-15-11)7-1-3-9(13)4-2-7/h1-6H. The van der Waals surface area contributed by atoms with E-state index >= 15 is 0 Å². The van der Waals surface area contributed by atoms with Crippen LogP contribution in [0.1, 0.15) is 0 Å². The van der Waals surface area contributed by atoms with Gasteiger partial charge in [-0.3, -0.25) is 0 Å². The number of hydrogen-bond acceptors (Lipinski definition) is 1. The highest BCUT2D eigenvalue weighted by atomic mass is 79.9. The summed E-state index contributed by atoms with van der Waals surface area (Å²) < 4.78 is 0.655. The van der Waals surface area contributed by atoms with Crippen molar-refractivity contribution in [1.29, 1.82) is 0 Å². The van der Waals surface area contributed by atoms with E-state index in [2.05, 4.69) is 20.9 Å². The topological polar surface area (TPSA) is 12.9 Å². The predicted molar refractivity (Wildman–Crippen MR) is 67.4 cm³/mol.